The van der Waals surface area contributed by atoms with Crippen LogP contribution >= 0.6 is 0 Å². The molecular formula is C15H14FN3O. The first-order valence-corrected chi connectivity index (χ1v) is 6.49. The van der Waals surface area contributed by atoms with E-state index in [0.29, 0.717) is 28.5 Å². The van der Waals surface area contributed by atoms with E-state index in [9.17, 15) is 4.39 Å². The molecule has 0 amide bonds. The van der Waals surface area contributed by atoms with Crippen LogP contribution in [0.15, 0.2) is 34.7 Å². The van der Waals surface area contributed by atoms with E-state index >= 15 is 0 Å². The van der Waals surface area contributed by atoms with Crippen molar-refractivity contribution in [1.82, 2.24) is 9.97 Å². The summed E-state index contributed by atoms with van der Waals surface area (Å²) in [6.45, 7) is 2.04. The Hall–Kier alpha value is -2.43. The Morgan fingerprint density at radius 2 is 2.10 bits per heavy atom. The largest absolute Gasteiger partial charge is 0.451 e. The molecule has 0 radical (unpaired) electrons. The van der Waals surface area contributed by atoms with E-state index < -0.39 is 0 Å². The van der Waals surface area contributed by atoms with Crippen LogP contribution in [0.1, 0.15) is 19.2 Å². The molecule has 2 N–H and O–H groups in total. The number of aromatic nitrogens is 2. The number of nitrogens with two attached hydrogens (primary N) is 1. The number of fused-ring (bicyclic) bond motifs is 1. The quantitative estimate of drug-likeness (QED) is 0.791. The Balaban J connectivity index is 2.12. The molecule has 2 aromatic heterocycles. The molecule has 0 aliphatic heterocycles. The van der Waals surface area contributed by atoms with Gasteiger partial charge in [-0.2, -0.15) is 0 Å². The molecule has 4 nitrogen and oxygen atoms in total. The minimum absolute atomic E-state index is 0.233. The number of hydrogen-bond acceptors (Lipinski definition) is 4. The second kappa shape index (κ2) is 4.92. The van der Waals surface area contributed by atoms with Crippen LogP contribution in [0.2, 0.25) is 0 Å². The maximum Gasteiger partial charge on any atom is 0.170 e. The van der Waals surface area contributed by atoms with Crippen molar-refractivity contribution in [1.29, 1.82) is 0 Å². The second-order valence-corrected chi connectivity index (χ2v) is 4.61. The fourth-order valence-corrected chi connectivity index (χ4v) is 2.13. The highest BCUT2D eigenvalue weighted by Gasteiger charge is 2.12. The number of nitrogens with zero attached hydrogens (tertiary/aromatic N) is 2. The predicted molar refractivity (Wildman–Crippen MR) is 75.6 cm³/mol. The van der Waals surface area contributed by atoms with Crippen LogP contribution in [0.3, 0.4) is 0 Å². The van der Waals surface area contributed by atoms with Gasteiger partial charge in [0.25, 0.3) is 0 Å². The van der Waals surface area contributed by atoms with Gasteiger partial charge in [-0.25, -0.2) is 14.4 Å². The summed E-state index contributed by atoms with van der Waals surface area (Å²) >= 11 is 0. The maximum absolute atomic E-state index is 13.6. The molecule has 0 saturated heterocycles. The van der Waals surface area contributed by atoms with Crippen molar-refractivity contribution in [3.05, 3.63) is 42.0 Å². The number of nitrogen functional groups attached to an aromatic ring is 1. The lowest BCUT2D eigenvalue weighted by Gasteiger charge is -2.02. The number of benzene rings is 1. The third-order valence-electron chi connectivity index (χ3n) is 3.01. The van der Waals surface area contributed by atoms with Gasteiger partial charge < -0.3 is 10.2 Å². The molecule has 0 aliphatic carbocycles. The zero-order valence-electron chi connectivity index (χ0n) is 11.1. The standard InChI is InChI=1S/C15H14FN3O/c1-2-4-14-18-11(8-13(17)19-14)12-7-9-5-3-6-10(16)15(9)20-12/h3,5-8H,2,4H2,1H3,(H2,17,18,19). The Kier molecular flexibility index (Phi) is 3.10. The highest BCUT2D eigenvalue weighted by atomic mass is 19.1. The van der Waals surface area contributed by atoms with E-state index in [1.165, 1.54) is 6.07 Å². The molecule has 0 atom stereocenters. The van der Waals surface area contributed by atoms with Crippen molar-refractivity contribution in [2.45, 2.75) is 19.8 Å². The van der Waals surface area contributed by atoms with Gasteiger partial charge >= 0.3 is 0 Å². The van der Waals surface area contributed by atoms with Crippen LogP contribution < -0.4 is 5.73 Å². The number of furan rings is 1. The normalized spacial score (nSPS) is 11.1. The number of para-hydroxylation sites is 1. The van der Waals surface area contributed by atoms with Crippen molar-refractivity contribution in [3.8, 4) is 11.5 Å². The van der Waals surface area contributed by atoms with E-state index in [1.807, 2.05) is 6.92 Å². The van der Waals surface area contributed by atoms with Crippen LogP contribution in [-0.4, -0.2) is 9.97 Å². The molecule has 0 saturated carbocycles. The highest BCUT2D eigenvalue weighted by molar-refractivity contribution is 5.82. The van der Waals surface area contributed by atoms with Gasteiger partial charge in [-0.05, 0) is 18.6 Å². The molecule has 1 aromatic carbocycles. The Labute approximate surface area is 115 Å². The number of halogens is 1. The second-order valence-electron chi connectivity index (χ2n) is 4.61. The van der Waals surface area contributed by atoms with Gasteiger partial charge in [-0.3, -0.25) is 0 Å². The smallest absolute Gasteiger partial charge is 0.170 e. The minimum Gasteiger partial charge on any atom is -0.451 e. The SMILES string of the molecule is CCCc1nc(N)cc(-c2cc3cccc(F)c3o2)n1. The molecule has 3 rings (SSSR count). The van der Waals surface area contributed by atoms with Crippen molar-refractivity contribution >= 4 is 16.8 Å². The predicted octanol–water partition coefficient (Wildman–Crippen LogP) is 3.56. The summed E-state index contributed by atoms with van der Waals surface area (Å²) in [6.07, 6.45) is 1.67. The number of aryl methyl sites for hydroxylation is 1. The summed E-state index contributed by atoms with van der Waals surface area (Å²) < 4.78 is 19.2. The van der Waals surface area contributed by atoms with Crippen LogP contribution in [-0.2, 0) is 6.42 Å². The molecule has 5 heteroatoms. The number of rotatable bonds is 3. The Bertz CT molecular complexity index is 767. The van der Waals surface area contributed by atoms with E-state index in [1.54, 1.807) is 24.3 Å². The van der Waals surface area contributed by atoms with E-state index in [-0.39, 0.29) is 11.4 Å². The summed E-state index contributed by atoms with van der Waals surface area (Å²) in [6, 6.07) is 8.20. The van der Waals surface area contributed by atoms with Gasteiger partial charge in [-0.15, -0.1) is 0 Å². The zero-order valence-corrected chi connectivity index (χ0v) is 11.1. The van der Waals surface area contributed by atoms with Crippen LogP contribution in [0.4, 0.5) is 10.2 Å². The monoisotopic (exact) mass is 271 g/mol. The van der Waals surface area contributed by atoms with E-state index in [0.717, 1.165) is 12.8 Å². The van der Waals surface area contributed by atoms with Crippen molar-refractivity contribution in [3.63, 3.8) is 0 Å². The average molecular weight is 271 g/mol. The lowest BCUT2D eigenvalue weighted by atomic mass is 10.2. The van der Waals surface area contributed by atoms with Crippen molar-refractivity contribution in [2.24, 2.45) is 0 Å². The molecular weight excluding hydrogens is 257 g/mol. The summed E-state index contributed by atoms with van der Waals surface area (Å²) in [7, 11) is 0. The summed E-state index contributed by atoms with van der Waals surface area (Å²) in [5, 5.41) is 0.703. The van der Waals surface area contributed by atoms with Gasteiger partial charge in [0, 0.05) is 17.9 Å². The number of hydrogen-bond donors (Lipinski definition) is 1. The lowest BCUT2D eigenvalue weighted by Crippen LogP contribution is -2.00. The molecule has 3 aromatic rings. The van der Waals surface area contributed by atoms with E-state index in [4.69, 9.17) is 10.2 Å². The summed E-state index contributed by atoms with van der Waals surface area (Å²) in [4.78, 5) is 8.58. The molecule has 0 fully saturated rings. The fourth-order valence-electron chi connectivity index (χ4n) is 2.13. The third kappa shape index (κ3) is 2.22. The molecule has 0 aliphatic rings. The van der Waals surface area contributed by atoms with Crippen molar-refractivity contribution < 1.29 is 8.81 Å². The zero-order chi connectivity index (χ0) is 14.1. The summed E-state index contributed by atoms with van der Waals surface area (Å²) in [5.74, 6) is 1.17. The molecule has 0 unspecified atom stereocenters. The van der Waals surface area contributed by atoms with Crippen molar-refractivity contribution in [2.75, 3.05) is 5.73 Å². The van der Waals surface area contributed by atoms with Gasteiger partial charge in [0.15, 0.2) is 17.2 Å². The Morgan fingerprint density at radius 3 is 2.85 bits per heavy atom. The molecule has 20 heavy (non-hydrogen) atoms. The Morgan fingerprint density at radius 1 is 1.25 bits per heavy atom. The first-order valence-electron chi connectivity index (χ1n) is 6.49. The lowest BCUT2D eigenvalue weighted by molar-refractivity contribution is 0.567. The molecule has 0 spiro atoms. The third-order valence-corrected chi connectivity index (χ3v) is 3.01. The van der Waals surface area contributed by atoms with E-state index in [2.05, 4.69) is 9.97 Å². The van der Waals surface area contributed by atoms with Gasteiger partial charge in [0.1, 0.15) is 17.3 Å². The topological polar surface area (TPSA) is 64.9 Å². The first-order chi connectivity index (χ1) is 9.67. The highest BCUT2D eigenvalue weighted by Crippen LogP contribution is 2.28. The summed E-state index contributed by atoms with van der Waals surface area (Å²) in [5.41, 5.74) is 6.60. The maximum atomic E-state index is 13.6. The minimum atomic E-state index is -0.385. The first kappa shape index (κ1) is 12.6. The molecule has 2 heterocycles. The average Bonchev–Trinajstić information content (AvgIpc) is 2.84. The van der Waals surface area contributed by atoms with Crippen LogP contribution in [0, 0.1) is 5.82 Å². The number of anilines is 1. The van der Waals surface area contributed by atoms with Crippen LogP contribution in [0.5, 0.6) is 0 Å². The fraction of sp³-hybridized carbons (Fsp3) is 0.200. The van der Waals surface area contributed by atoms with Gasteiger partial charge in [-0.1, -0.05) is 19.1 Å². The van der Waals surface area contributed by atoms with Crippen LogP contribution in [0.25, 0.3) is 22.4 Å². The van der Waals surface area contributed by atoms with Gasteiger partial charge in [0.05, 0.1) is 0 Å². The van der Waals surface area contributed by atoms with Gasteiger partial charge in [0.2, 0.25) is 0 Å². The molecule has 0 bridgehead atoms. The molecule has 102 valence electrons.